The molecule has 1 atom stereocenters. The van der Waals surface area contributed by atoms with Crippen LogP contribution < -0.4 is 4.74 Å². The van der Waals surface area contributed by atoms with E-state index in [4.69, 9.17) is 4.74 Å². The van der Waals surface area contributed by atoms with E-state index in [1.165, 1.54) is 24.9 Å². The standard InChI is InChI=1S/C17H27N3O/c1-5-19(6-2)11-7-8-14(3)20-13-18-16-12-15(21-4)9-10-17(16)20/h9-10,12-14H,5-8,11H2,1-4H3. The molecule has 0 aliphatic carbocycles. The molecule has 0 spiro atoms. The number of benzene rings is 1. The minimum absolute atomic E-state index is 0.471. The Kier molecular flexibility index (Phi) is 5.62. The van der Waals surface area contributed by atoms with E-state index in [2.05, 4.69) is 41.3 Å². The molecule has 0 saturated heterocycles. The van der Waals surface area contributed by atoms with E-state index in [1.807, 2.05) is 18.5 Å². The van der Waals surface area contributed by atoms with Gasteiger partial charge >= 0.3 is 0 Å². The van der Waals surface area contributed by atoms with Crippen molar-refractivity contribution in [2.75, 3.05) is 26.7 Å². The van der Waals surface area contributed by atoms with Crippen molar-refractivity contribution in [1.82, 2.24) is 14.5 Å². The third-order valence-electron chi connectivity index (χ3n) is 4.25. The van der Waals surface area contributed by atoms with E-state index >= 15 is 0 Å². The quantitative estimate of drug-likeness (QED) is 0.742. The van der Waals surface area contributed by atoms with Crippen LogP contribution in [0.4, 0.5) is 0 Å². The summed E-state index contributed by atoms with van der Waals surface area (Å²) in [6.07, 6.45) is 4.35. The van der Waals surface area contributed by atoms with Crippen LogP contribution in [0.25, 0.3) is 11.0 Å². The van der Waals surface area contributed by atoms with Crippen LogP contribution in [0.2, 0.25) is 0 Å². The first-order chi connectivity index (χ1) is 10.2. The number of methoxy groups -OCH3 is 1. The fraction of sp³-hybridized carbons (Fsp3) is 0.588. The Labute approximate surface area is 127 Å². The Morgan fingerprint density at radius 1 is 1.29 bits per heavy atom. The predicted molar refractivity (Wildman–Crippen MR) is 88.0 cm³/mol. The van der Waals surface area contributed by atoms with Gasteiger partial charge in [-0.2, -0.15) is 0 Å². The molecule has 2 aromatic rings. The number of ether oxygens (including phenoxy) is 1. The molecule has 1 aromatic carbocycles. The Bertz CT molecular complexity index is 560. The third-order valence-corrected chi connectivity index (χ3v) is 4.25. The maximum absolute atomic E-state index is 5.25. The van der Waals surface area contributed by atoms with Gasteiger partial charge in [0.1, 0.15) is 5.75 Å². The summed E-state index contributed by atoms with van der Waals surface area (Å²) >= 11 is 0. The summed E-state index contributed by atoms with van der Waals surface area (Å²) in [6, 6.07) is 6.57. The first-order valence-electron chi connectivity index (χ1n) is 7.92. The third kappa shape index (κ3) is 3.76. The van der Waals surface area contributed by atoms with Crippen molar-refractivity contribution in [1.29, 1.82) is 0 Å². The zero-order valence-electron chi connectivity index (χ0n) is 13.7. The lowest BCUT2D eigenvalue weighted by atomic mass is 10.1. The molecule has 2 rings (SSSR count). The first-order valence-corrected chi connectivity index (χ1v) is 7.92. The average molecular weight is 289 g/mol. The molecule has 1 heterocycles. The van der Waals surface area contributed by atoms with E-state index in [9.17, 15) is 0 Å². The van der Waals surface area contributed by atoms with Gasteiger partial charge in [0, 0.05) is 12.1 Å². The van der Waals surface area contributed by atoms with Crippen molar-refractivity contribution in [3.05, 3.63) is 24.5 Å². The zero-order valence-corrected chi connectivity index (χ0v) is 13.7. The van der Waals surface area contributed by atoms with Gasteiger partial charge in [-0.05, 0) is 51.5 Å². The van der Waals surface area contributed by atoms with E-state index in [0.717, 1.165) is 24.4 Å². The molecule has 0 N–H and O–H groups in total. The number of imidazole rings is 1. The lowest BCUT2D eigenvalue weighted by Crippen LogP contribution is -2.24. The molecule has 1 aromatic heterocycles. The molecule has 0 amide bonds. The second-order valence-electron chi connectivity index (χ2n) is 5.52. The van der Waals surface area contributed by atoms with Crippen molar-refractivity contribution in [2.45, 2.75) is 39.7 Å². The van der Waals surface area contributed by atoms with E-state index < -0.39 is 0 Å². The zero-order chi connectivity index (χ0) is 15.2. The highest BCUT2D eigenvalue weighted by Gasteiger charge is 2.10. The normalized spacial score (nSPS) is 13.0. The molecule has 0 radical (unpaired) electrons. The monoisotopic (exact) mass is 289 g/mol. The van der Waals surface area contributed by atoms with Gasteiger partial charge in [-0.3, -0.25) is 0 Å². The molecule has 4 nitrogen and oxygen atoms in total. The van der Waals surface area contributed by atoms with Crippen LogP contribution in [-0.4, -0.2) is 41.2 Å². The van der Waals surface area contributed by atoms with Gasteiger partial charge in [-0.1, -0.05) is 13.8 Å². The molecule has 0 aliphatic heterocycles. The topological polar surface area (TPSA) is 30.3 Å². The largest absolute Gasteiger partial charge is 0.497 e. The molecular weight excluding hydrogens is 262 g/mol. The fourth-order valence-corrected chi connectivity index (χ4v) is 2.78. The smallest absolute Gasteiger partial charge is 0.121 e. The lowest BCUT2D eigenvalue weighted by Gasteiger charge is -2.20. The highest BCUT2D eigenvalue weighted by atomic mass is 16.5. The van der Waals surface area contributed by atoms with Gasteiger partial charge in [0.15, 0.2) is 0 Å². The number of hydrogen-bond acceptors (Lipinski definition) is 3. The summed E-state index contributed by atoms with van der Waals surface area (Å²) in [5, 5.41) is 0. The van der Waals surface area contributed by atoms with Crippen molar-refractivity contribution in [3.8, 4) is 5.75 Å². The highest BCUT2D eigenvalue weighted by Crippen LogP contribution is 2.24. The number of rotatable bonds is 8. The molecule has 21 heavy (non-hydrogen) atoms. The van der Waals surface area contributed by atoms with Gasteiger partial charge in [-0.25, -0.2) is 4.98 Å². The SMILES string of the molecule is CCN(CC)CCCC(C)n1cnc2cc(OC)ccc21. The van der Waals surface area contributed by atoms with Gasteiger partial charge in [-0.15, -0.1) is 0 Å². The summed E-state index contributed by atoms with van der Waals surface area (Å²) in [4.78, 5) is 6.97. The molecule has 0 fully saturated rings. The average Bonchev–Trinajstić information content (AvgIpc) is 2.94. The van der Waals surface area contributed by atoms with Crippen LogP contribution in [0.15, 0.2) is 24.5 Å². The molecule has 0 bridgehead atoms. The lowest BCUT2D eigenvalue weighted by molar-refractivity contribution is 0.289. The van der Waals surface area contributed by atoms with Crippen LogP contribution >= 0.6 is 0 Å². The van der Waals surface area contributed by atoms with Crippen LogP contribution in [0, 0.1) is 0 Å². The van der Waals surface area contributed by atoms with Gasteiger partial charge < -0.3 is 14.2 Å². The van der Waals surface area contributed by atoms with Gasteiger partial charge in [0.25, 0.3) is 0 Å². The first kappa shape index (κ1) is 15.8. The Hall–Kier alpha value is -1.55. The Morgan fingerprint density at radius 3 is 2.71 bits per heavy atom. The van der Waals surface area contributed by atoms with E-state index in [0.29, 0.717) is 6.04 Å². The van der Waals surface area contributed by atoms with Gasteiger partial charge in [0.2, 0.25) is 0 Å². The fourth-order valence-electron chi connectivity index (χ4n) is 2.78. The summed E-state index contributed by atoms with van der Waals surface area (Å²) in [6.45, 7) is 10.2. The molecule has 116 valence electrons. The number of hydrogen-bond donors (Lipinski definition) is 0. The minimum atomic E-state index is 0.471. The molecular formula is C17H27N3O. The second-order valence-corrected chi connectivity index (χ2v) is 5.52. The second kappa shape index (κ2) is 7.46. The van der Waals surface area contributed by atoms with E-state index in [-0.39, 0.29) is 0 Å². The summed E-state index contributed by atoms with van der Waals surface area (Å²) in [5.41, 5.74) is 2.19. The highest BCUT2D eigenvalue weighted by molar-refractivity contribution is 5.77. The Morgan fingerprint density at radius 2 is 2.05 bits per heavy atom. The number of aromatic nitrogens is 2. The molecule has 0 aliphatic rings. The molecule has 1 unspecified atom stereocenters. The Balaban J connectivity index is 2.01. The summed E-state index contributed by atoms with van der Waals surface area (Å²) < 4.78 is 7.53. The van der Waals surface area contributed by atoms with Crippen LogP contribution in [-0.2, 0) is 0 Å². The van der Waals surface area contributed by atoms with Crippen molar-refractivity contribution in [2.24, 2.45) is 0 Å². The van der Waals surface area contributed by atoms with E-state index in [1.54, 1.807) is 7.11 Å². The van der Waals surface area contributed by atoms with Crippen LogP contribution in [0.5, 0.6) is 5.75 Å². The molecule has 0 saturated carbocycles. The van der Waals surface area contributed by atoms with Crippen molar-refractivity contribution in [3.63, 3.8) is 0 Å². The summed E-state index contributed by atoms with van der Waals surface area (Å²) in [7, 11) is 1.69. The minimum Gasteiger partial charge on any atom is -0.497 e. The molecule has 4 heteroatoms. The van der Waals surface area contributed by atoms with Crippen molar-refractivity contribution < 1.29 is 4.74 Å². The van der Waals surface area contributed by atoms with Crippen molar-refractivity contribution >= 4 is 11.0 Å². The predicted octanol–water partition coefficient (Wildman–Crippen LogP) is 3.73. The van der Waals surface area contributed by atoms with Gasteiger partial charge in [0.05, 0.1) is 24.5 Å². The maximum Gasteiger partial charge on any atom is 0.121 e. The van der Waals surface area contributed by atoms with Crippen LogP contribution in [0.3, 0.4) is 0 Å². The number of nitrogens with zero attached hydrogens (tertiary/aromatic N) is 3. The number of fused-ring (bicyclic) bond motifs is 1. The summed E-state index contributed by atoms with van der Waals surface area (Å²) in [5.74, 6) is 0.863. The maximum atomic E-state index is 5.25. The van der Waals surface area contributed by atoms with Crippen LogP contribution in [0.1, 0.15) is 39.7 Å².